The molecule has 2 aromatic carbocycles. The van der Waals surface area contributed by atoms with Crippen LogP contribution in [0.15, 0.2) is 73.3 Å². The minimum Gasteiger partial charge on any atom is -0.487 e. The van der Waals surface area contributed by atoms with Crippen molar-refractivity contribution in [1.29, 1.82) is 0 Å². The fourth-order valence-electron chi connectivity index (χ4n) is 5.92. The highest BCUT2D eigenvalue weighted by Gasteiger charge is 2.31. The lowest BCUT2D eigenvalue weighted by Gasteiger charge is -2.39. The molecule has 11 nitrogen and oxygen atoms in total. The van der Waals surface area contributed by atoms with Gasteiger partial charge in [-0.2, -0.15) is 0 Å². The number of carbonyl (C=O) groups is 2. The summed E-state index contributed by atoms with van der Waals surface area (Å²) < 4.78 is 17.6. The Balaban J connectivity index is 0.000000199. The van der Waals surface area contributed by atoms with Crippen LogP contribution >= 0.6 is 11.6 Å². The predicted molar refractivity (Wildman–Crippen MR) is 198 cm³/mol. The minimum absolute atomic E-state index is 0.138. The maximum absolute atomic E-state index is 11.3. The Bertz CT molecular complexity index is 1730. The minimum atomic E-state index is 0.138. The zero-order chi connectivity index (χ0) is 36.3. The van der Waals surface area contributed by atoms with Crippen LogP contribution in [0.2, 0.25) is 5.15 Å². The van der Waals surface area contributed by atoms with E-state index in [9.17, 15) is 9.59 Å². The molecule has 2 aliphatic rings. The second-order valence-corrected chi connectivity index (χ2v) is 13.7. The number of benzene rings is 2. The molecule has 12 heteroatoms. The van der Waals surface area contributed by atoms with Crippen molar-refractivity contribution < 1.29 is 23.8 Å². The molecule has 4 heterocycles. The number of ether oxygens (including phenoxy) is 3. The van der Waals surface area contributed by atoms with Crippen LogP contribution in [0.3, 0.4) is 0 Å². The average molecular weight is 715 g/mol. The van der Waals surface area contributed by atoms with Crippen molar-refractivity contribution in [3.05, 3.63) is 89.6 Å². The fourth-order valence-corrected chi connectivity index (χ4v) is 6.06. The maximum Gasteiger partial charge on any atom is 0.218 e. The lowest BCUT2D eigenvalue weighted by molar-refractivity contribution is -0.118. The summed E-state index contributed by atoms with van der Waals surface area (Å²) in [5, 5.41) is 0.444. The number of nitrogens with zero attached hydrogens (tertiary/aromatic N) is 6. The second kappa shape index (κ2) is 17.9. The molecule has 0 saturated carbocycles. The van der Waals surface area contributed by atoms with E-state index in [1.54, 1.807) is 19.9 Å². The molecule has 0 spiro atoms. The van der Waals surface area contributed by atoms with Gasteiger partial charge in [0.2, 0.25) is 5.88 Å². The Hall–Kier alpha value is -4.77. The quantitative estimate of drug-likeness (QED) is 0.117. The number of halogens is 1. The van der Waals surface area contributed by atoms with Crippen molar-refractivity contribution in [2.24, 2.45) is 0 Å². The summed E-state index contributed by atoms with van der Waals surface area (Å²) in [6, 6.07) is 19.7. The van der Waals surface area contributed by atoms with Gasteiger partial charge in [0.25, 0.3) is 0 Å². The first-order chi connectivity index (χ1) is 24.6. The Morgan fingerprint density at radius 2 is 1.18 bits per heavy atom. The number of hydrogen-bond donors (Lipinski definition) is 0. The smallest absolute Gasteiger partial charge is 0.218 e. The summed E-state index contributed by atoms with van der Waals surface area (Å²) in [5.41, 5.74) is 2.32. The standard InChI is InChI=1S/C21H27N3O3.C18H20ClN3O2/c1-4-9-26-21-11-20(22-14-23-21)24-12-19(13-24)27-18-7-5-17(6-8-18)15(2)10-16(3)25;1-12(7-13(2)23)14-3-5-15(6-4-14)24-16-9-22(10-16)18-8-17(19)20-11-21-18/h5-8,11,14-15,19H,4,9-10,12-13H2,1-3H3;3-6,8,11-12,16H,7,9-10H2,1-2H3/t15-;12-/m11/s1. The van der Waals surface area contributed by atoms with Crippen LogP contribution < -0.4 is 24.0 Å². The average Bonchev–Trinajstić information content (AvgIpc) is 3.07. The summed E-state index contributed by atoms with van der Waals surface area (Å²) >= 11 is 5.88. The van der Waals surface area contributed by atoms with Crippen LogP contribution in [-0.4, -0.2) is 76.5 Å². The number of rotatable bonds is 15. The van der Waals surface area contributed by atoms with Gasteiger partial charge in [-0.25, -0.2) is 19.9 Å². The van der Waals surface area contributed by atoms with Crippen LogP contribution in [0.25, 0.3) is 0 Å². The van der Waals surface area contributed by atoms with E-state index in [2.05, 4.69) is 50.5 Å². The summed E-state index contributed by atoms with van der Waals surface area (Å²) in [5.74, 6) is 4.89. The van der Waals surface area contributed by atoms with E-state index in [1.165, 1.54) is 12.7 Å². The van der Waals surface area contributed by atoms with Crippen molar-refractivity contribution in [3.63, 3.8) is 0 Å². The van der Waals surface area contributed by atoms with Gasteiger partial charge in [-0.05, 0) is 67.5 Å². The zero-order valence-corrected chi connectivity index (χ0v) is 30.8. The van der Waals surface area contributed by atoms with Gasteiger partial charge in [0.15, 0.2) is 0 Å². The van der Waals surface area contributed by atoms with Crippen LogP contribution in [-0.2, 0) is 9.59 Å². The molecule has 6 rings (SSSR count). The van der Waals surface area contributed by atoms with Crippen molar-refractivity contribution in [3.8, 4) is 17.4 Å². The van der Waals surface area contributed by atoms with Crippen molar-refractivity contribution in [2.75, 3.05) is 42.6 Å². The SMILES string of the molecule is CC(=O)C[C@@H](C)c1ccc(OC2CN(c3cc(Cl)ncn3)C2)cc1.CCCOc1cc(N2CC(Oc3ccc([C@H](C)CC(C)=O)cc3)C2)ncn1. The first-order valence-corrected chi connectivity index (χ1v) is 17.9. The fraction of sp³-hybridized carbons (Fsp3) is 0.436. The van der Waals surface area contributed by atoms with Gasteiger partial charge in [-0.1, -0.05) is 56.6 Å². The lowest BCUT2D eigenvalue weighted by Crippen LogP contribution is -2.54. The molecule has 0 N–H and O–H groups in total. The maximum atomic E-state index is 11.3. The third-order valence-electron chi connectivity index (χ3n) is 8.74. The number of Topliss-reactive ketones (excluding diaryl/α,β-unsaturated/α-hetero) is 2. The molecule has 2 aromatic heterocycles. The lowest BCUT2D eigenvalue weighted by atomic mass is 9.96. The van der Waals surface area contributed by atoms with E-state index < -0.39 is 0 Å². The first-order valence-electron chi connectivity index (χ1n) is 17.5. The molecule has 51 heavy (non-hydrogen) atoms. The van der Waals surface area contributed by atoms with E-state index in [-0.39, 0.29) is 35.6 Å². The number of aromatic nitrogens is 4. The molecular formula is C39H47ClN6O5. The molecule has 0 bridgehead atoms. The van der Waals surface area contributed by atoms with Crippen LogP contribution in [0.5, 0.6) is 17.4 Å². The summed E-state index contributed by atoms with van der Waals surface area (Å²) in [7, 11) is 0. The summed E-state index contributed by atoms with van der Waals surface area (Å²) in [6.45, 7) is 13.2. The van der Waals surface area contributed by atoms with Gasteiger partial charge in [-0.15, -0.1) is 0 Å². The largest absolute Gasteiger partial charge is 0.487 e. The molecule has 2 aliphatic heterocycles. The first kappa shape index (κ1) is 37.5. The Morgan fingerprint density at radius 1 is 0.725 bits per heavy atom. The van der Waals surface area contributed by atoms with Crippen LogP contribution in [0.4, 0.5) is 11.6 Å². The zero-order valence-electron chi connectivity index (χ0n) is 30.0. The van der Waals surface area contributed by atoms with E-state index in [0.29, 0.717) is 30.5 Å². The molecule has 0 aliphatic carbocycles. The highest BCUT2D eigenvalue weighted by molar-refractivity contribution is 6.29. The highest BCUT2D eigenvalue weighted by Crippen LogP contribution is 2.28. The van der Waals surface area contributed by atoms with Gasteiger partial charge in [0, 0.05) is 25.0 Å². The normalized spacial score (nSPS) is 15.4. The third-order valence-corrected chi connectivity index (χ3v) is 8.94. The summed E-state index contributed by atoms with van der Waals surface area (Å²) in [4.78, 5) is 43.3. The van der Waals surface area contributed by atoms with Crippen molar-refractivity contribution in [1.82, 2.24) is 19.9 Å². The molecule has 0 radical (unpaired) electrons. The molecule has 0 unspecified atom stereocenters. The third kappa shape index (κ3) is 11.1. The monoisotopic (exact) mass is 714 g/mol. The van der Waals surface area contributed by atoms with Crippen molar-refractivity contribution in [2.45, 2.75) is 77.9 Å². The number of ketones is 2. The topological polar surface area (TPSA) is 120 Å². The molecule has 0 amide bonds. The second-order valence-electron chi connectivity index (χ2n) is 13.3. The molecule has 2 fully saturated rings. The van der Waals surface area contributed by atoms with E-state index in [0.717, 1.165) is 66.9 Å². The number of carbonyl (C=O) groups excluding carboxylic acids is 2. The number of hydrogen-bond acceptors (Lipinski definition) is 11. The van der Waals surface area contributed by atoms with E-state index >= 15 is 0 Å². The van der Waals surface area contributed by atoms with Crippen molar-refractivity contribution >= 4 is 34.8 Å². The van der Waals surface area contributed by atoms with Gasteiger partial charge < -0.3 is 33.6 Å². The molecule has 4 aromatic rings. The van der Waals surface area contributed by atoms with Crippen LogP contribution in [0.1, 0.15) is 76.8 Å². The van der Waals surface area contributed by atoms with Gasteiger partial charge >= 0.3 is 0 Å². The molecule has 2 saturated heterocycles. The van der Waals surface area contributed by atoms with Gasteiger partial charge in [0.05, 0.1) is 32.8 Å². The summed E-state index contributed by atoms with van der Waals surface area (Å²) in [6.07, 6.45) is 5.37. The predicted octanol–water partition coefficient (Wildman–Crippen LogP) is 7.10. The Labute approximate surface area is 305 Å². The van der Waals surface area contributed by atoms with Crippen LogP contribution in [0, 0.1) is 0 Å². The number of anilines is 2. The molecule has 270 valence electrons. The molecule has 2 atom stereocenters. The Morgan fingerprint density at radius 3 is 1.61 bits per heavy atom. The van der Waals surface area contributed by atoms with Gasteiger partial charge in [0.1, 0.15) is 64.7 Å². The molecular weight excluding hydrogens is 668 g/mol. The van der Waals surface area contributed by atoms with E-state index in [1.807, 2.05) is 54.6 Å². The van der Waals surface area contributed by atoms with E-state index in [4.69, 9.17) is 25.8 Å². The highest BCUT2D eigenvalue weighted by atomic mass is 35.5. The Kier molecular flexibility index (Phi) is 13.2. The van der Waals surface area contributed by atoms with Gasteiger partial charge in [-0.3, -0.25) is 0 Å².